The van der Waals surface area contributed by atoms with Crippen LogP contribution in [0, 0.1) is 0 Å². The smallest absolute Gasteiger partial charge is 0.249 e. The molecule has 0 radical (unpaired) electrons. The maximum atomic E-state index is 13.4. The summed E-state index contributed by atoms with van der Waals surface area (Å²) in [4.78, 5) is 6.42. The first-order valence-electron chi connectivity index (χ1n) is 10.4. The van der Waals surface area contributed by atoms with E-state index >= 15 is 0 Å². The van der Waals surface area contributed by atoms with Gasteiger partial charge in [-0.3, -0.25) is 5.10 Å². The van der Waals surface area contributed by atoms with Crippen LogP contribution in [0.1, 0.15) is 25.7 Å². The Kier molecular flexibility index (Phi) is 5.01. The van der Waals surface area contributed by atoms with E-state index in [0.717, 1.165) is 24.1 Å². The minimum Gasteiger partial charge on any atom is -0.507 e. The first-order valence-corrected chi connectivity index (χ1v) is 10.4. The number of benzene rings is 1. The Bertz CT molecular complexity index is 1040. The van der Waals surface area contributed by atoms with Crippen LogP contribution in [0.5, 0.6) is 5.75 Å². The van der Waals surface area contributed by atoms with E-state index in [1.807, 2.05) is 11.0 Å². The second-order valence-electron chi connectivity index (χ2n) is 8.26. The normalized spacial score (nSPS) is 22.8. The molecule has 1 saturated carbocycles. The van der Waals surface area contributed by atoms with Gasteiger partial charge in [-0.05, 0) is 30.5 Å². The van der Waals surface area contributed by atoms with Crippen LogP contribution >= 0.6 is 0 Å². The molecule has 2 fully saturated rings. The molecule has 1 aliphatic carbocycles. The number of alkyl halides is 2. The van der Waals surface area contributed by atoms with E-state index in [0.29, 0.717) is 30.2 Å². The Morgan fingerprint density at radius 1 is 1.13 bits per heavy atom. The third-order valence-corrected chi connectivity index (χ3v) is 6.00. The average molecular weight is 427 g/mol. The molecule has 2 atom stereocenters. The quantitative estimate of drug-likeness (QED) is 0.575. The lowest BCUT2D eigenvalue weighted by atomic mass is 10.0. The Labute approximate surface area is 177 Å². The molecule has 3 N–H and O–H groups in total. The van der Waals surface area contributed by atoms with Crippen LogP contribution in [0.25, 0.3) is 22.4 Å². The Morgan fingerprint density at radius 2 is 2.03 bits per heavy atom. The van der Waals surface area contributed by atoms with Crippen molar-refractivity contribution < 1.29 is 13.9 Å². The van der Waals surface area contributed by atoms with E-state index in [4.69, 9.17) is 0 Å². The number of anilines is 1. The van der Waals surface area contributed by atoms with Gasteiger partial charge in [-0.25, -0.2) is 13.8 Å². The largest absolute Gasteiger partial charge is 0.507 e. The van der Waals surface area contributed by atoms with Gasteiger partial charge >= 0.3 is 0 Å². The van der Waals surface area contributed by atoms with Crippen LogP contribution < -0.4 is 10.2 Å². The van der Waals surface area contributed by atoms with E-state index < -0.39 is 5.92 Å². The zero-order chi connectivity index (χ0) is 21.4. The van der Waals surface area contributed by atoms with Crippen LogP contribution in [0.15, 0.2) is 36.8 Å². The van der Waals surface area contributed by atoms with Gasteiger partial charge in [-0.1, -0.05) is 6.07 Å². The van der Waals surface area contributed by atoms with Crippen molar-refractivity contribution in [1.29, 1.82) is 0 Å². The molecule has 8 nitrogen and oxygen atoms in total. The number of hydrogen-bond donors (Lipinski definition) is 3. The maximum Gasteiger partial charge on any atom is 0.249 e. The molecule has 1 aromatic carbocycles. The van der Waals surface area contributed by atoms with E-state index in [2.05, 4.69) is 30.7 Å². The van der Waals surface area contributed by atoms with Crippen molar-refractivity contribution in [1.82, 2.24) is 30.7 Å². The lowest BCUT2D eigenvalue weighted by Crippen LogP contribution is -2.39. The standard InChI is InChI=1S/C21H23F2N7O/c22-21(23)5-3-15(8-21)27-16-4-6-30(12-16)20-24-11-18(28-29-20)17-2-1-13(7-19(17)31)14-9-25-26-10-14/h1-2,7,9-11,15-16,27,31H,3-6,8,12H2,(H,25,26). The van der Waals surface area contributed by atoms with Crippen molar-refractivity contribution in [3.63, 3.8) is 0 Å². The average Bonchev–Trinajstić information content (AvgIpc) is 3.50. The van der Waals surface area contributed by atoms with Crippen LogP contribution in [0.3, 0.4) is 0 Å². The van der Waals surface area contributed by atoms with Gasteiger partial charge in [0.25, 0.3) is 0 Å². The fourth-order valence-corrected chi connectivity index (χ4v) is 4.38. The number of aromatic hydroxyl groups is 1. The highest BCUT2D eigenvalue weighted by Crippen LogP contribution is 2.35. The van der Waals surface area contributed by atoms with Crippen LogP contribution in [0.4, 0.5) is 14.7 Å². The summed E-state index contributed by atoms with van der Waals surface area (Å²) in [6.45, 7) is 1.40. The summed E-state index contributed by atoms with van der Waals surface area (Å²) >= 11 is 0. The molecule has 0 spiro atoms. The zero-order valence-electron chi connectivity index (χ0n) is 16.8. The lowest BCUT2D eigenvalue weighted by Gasteiger charge is -2.20. The van der Waals surface area contributed by atoms with E-state index in [1.54, 1.807) is 30.7 Å². The van der Waals surface area contributed by atoms with Crippen molar-refractivity contribution in [3.8, 4) is 28.1 Å². The van der Waals surface area contributed by atoms with Gasteiger partial charge in [0.1, 0.15) is 11.4 Å². The van der Waals surface area contributed by atoms with E-state index in [-0.39, 0.29) is 30.7 Å². The minimum atomic E-state index is -2.54. The number of aromatic amines is 1. The minimum absolute atomic E-state index is 0.0362. The molecular formula is C21H23F2N7O. The molecule has 31 heavy (non-hydrogen) atoms. The summed E-state index contributed by atoms with van der Waals surface area (Å²) in [5, 5.41) is 28.9. The number of H-pyrrole nitrogens is 1. The van der Waals surface area contributed by atoms with E-state index in [1.165, 1.54) is 0 Å². The number of aromatic nitrogens is 5. The Morgan fingerprint density at radius 3 is 2.71 bits per heavy atom. The highest BCUT2D eigenvalue weighted by molar-refractivity contribution is 5.73. The topological polar surface area (TPSA) is 103 Å². The molecule has 2 aliphatic rings. The molecule has 10 heteroatoms. The van der Waals surface area contributed by atoms with Crippen molar-refractivity contribution in [2.24, 2.45) is 0 Å². The summed E-state index contributed by atoms with van der Waals surface area (Å²) in [5.41, 5.74) is 2.73. The molecular weight excluding hydrogens is 404 g/mol. The molecule has 2 unspecified atom stereocenters. The van der Waals surface area contributed by atoms with Gasteiger partial charge in [-0.15, -0.1) is 10.2 Å². The fourth-order valence-electron chi connectivity index (χ4n) is 4.38. The van der Waals surface area contributed by atoms with Crippen molar-refractivity contribution in [3.05, 3.63) is 36.8 Å². The molecule has 162 valence electrons. The Balaban J connectivity index is 1.23. The van der Waals surface area contributed by atoms with E-state index in [9.17, 15) is 13.9 Å². The molecule has 3 aromatic rings. The molecule has 2 aromatic heterocycles. The maximum absolute atomic E-state index is 13.4. The lowest BCUT2D eigenvalue weighted by molar-refractivity contribution is 0.00666. The number of nitrogens with zero attached hydrogens (tertiary/aromatic N) is 5. The second kappa shape index (κ2) is 7.84. The molecule has 1 aliphatic heterocycles. The SMILES string of the molecule is Oc1cc(-c2cn[nH]c2)ccc1-c1cnc(N2CCC(NC3CCC(F)(F)C3)C2)nn1. The number of nitrogens with one attached hydrogen (secondary N) is 2. The van der Waals surface area contributed by atoms with Crippen LogP contribution in [-0.2, 0) is 0 Å². The van der Waals surface area contributed by atoms with Crippen molar-refractivity contribution in [2.75, 3.05) is 18.0 Å². The molecule has 0 bridgehead atoms. The highest BCUT2D eigenvalue weighted by atomic mass is 19.3. The van der Waals surface area contributed by atoms with Crippen LogP contribution in [0.2, 0.25) is 0 Å². The van der Waals surface area contributed by atoms with Gasteiger partial charge in [0.2, 0.25) is 11.9 Å². The number of rotatable bonds is 5. The second-order valence-corrected chi connectivity index (χ2v) is 8.26. The summed E-state index contributed by atoms with van der Waals surface area (Å²) in [6.07, 6.45) is 6.27. The number of halogens is 2. The number of phenolic OH excluding ortho intramolecular Hbond substituents is 1. The van der Waals surface area contributed by atoms with Crippen molar-refractivity contribution in [2.45, 2.75) is 43.7 Å². The number of hydrogen-bond acceptors (Lipinski definition) is 7. The summed E-state index contributed by atoms with van der Waals surface area (Å²) < 4.78 is 26.8. The third kappa shape index (κ3) is 4.20. The van der Waals surface area contributed by atoms with Gasteiger partial charge in [0.15, 0.2) is 0 Å². The monoisotopic (exact) mass is 427 g/mol. The first kappa shape index (κ1) is 19.8. The highest BCUT2D eigenvalue weighted by Gasteiger charge is 2.40. The third-order valence-electron chi connectivity index (χ3n) is 6.00. The number of phenols is 1. The molecule has 0 amide bonds. The molecule has 5 rings (SSSR count). The fraction of sp³-hybridized carbons (Fsp3) is 0.429. The Hall–Kier alpha value is -3.14. The van der Waals surface area contributed by atoms with Crippen molar-refractivity contribution >= 4 is 5.95 Å². The predicted octanol–water partition coefficient (Wildman–Crippen LogP) is 2.99. The molecule has 1 saturated heterocycles. The summed E-state index contributed by atoms with van der Waals surface area (Å²) in [5.74, 6) is -1.96. The molecule has 3 heterocycles. The summed E-state index contributed by atoms with van der Waals surface area (Å²) in [6, 6.07) is 5.31. The van der Waals surface area contributed by atoms with Gasteiger partial charge < -0.3 is 15.3 Å². The zero-order valence-corrected chi connectivity index (χ0v) is 16.8. The van der Waals surface area contributed by atoms with Crippen LogP contribution in [-0.4, -0.2) is 61.6 Å². The predicted molar refractivity (Wildman–Crippen MR) is 111 cm³/mol. The first-order chi connectivity index (χ1) is 15.0. The summed E-state index contributed by atoms with van der Waals surface area (Å²) in [7, 11) is 0. The van der Waals surface area contributed by atoms with Gasteiger partial charge in [0, 0.05) is 55.3 Å². The van der Waals surface area contributed by atoms with Gasteiger partial charge in [-0.2, -0.15) is 5.10 Å². The van der Waals surface area contributed by atoms with Gasteiger partial charge in [0.05, 0.1) is 12.4 Å².